The van der Waals surface area contributed by atoms with E-state index in [0.29, 0.717) is 11.7 Å². The second-order valence-corrected chi connectivity index (χ2v) is 4.52. The second kappa shape index (κ2) is 5.87. The Balaban J connectivity index is 2.04. The number of ether oxygens (including phenoxy) is 1. The van der Waals surface area contributed by atoms with Crippen molar-refractivity contribution in [1.29, 1.82) is 0 Å². The number of carboxylic acid groups (broad SMARTS) is 1. The highest BCUT2D eigenvalue weighted by Crippen LogP contribution is 2.21. The average molecular weight is 249 g/mol. The van der Waals surface area contributed by atoms with Gasteiger partial charge in [-0.2, -0.15) is 0 Å². The molecule has 0 radical (unpaired) electrons. The molecule has 18 heavy (non-hydrogen) atoms. The molecule has 0 spiro atoms. The Kier molecular flexibility index (Phi) is 4.20. The molecule has 1 heterocycles. The number of carbonyl (C=O) groups is 1. The summed E-state index contributed by atoms with van der Waals surface area (Å²) < 4.78 is 5.66. The van der Waals surface area contributed by atoms with Crippen molar-refractivity contribution in [3.05, 3.63) is 29.8 Å². The second-order valence-electron chi connectivity index (χ2n) is 4.52. The van der Waals surface area contributed by atoms with Gasteiger partial charge in [0.15, 0.2) is 0 Å². The Morgan fingerprint density at radius 1 is 1.44 bits per heavy atom. The SMILES string of the molecule is CCOC1CCCN(c2ccc(C(=O)O)cc2)C1. The number of benzene rings is 1. The van der Waals surface area contributed by atoms with Crippen LogP contribution in [0.4, 0.5) is 5.69 Å². The maximum absolute atomic E-state index is 10.8. The minimum absolute atomic E-state index is 0.294. The van der Waals surface area contributed by atoms with Crippen LogP contribution in [-0.4, -0.2) is 36.9 Å². The molecule has 4 nitrogen and oxygen atoms in total. The Hall–Kier alpha value is -1.55. The van der Waals surface area contributed by atoms with E-state index in [1.54, 1.807) is 12.1 Å². The molecule has 2 rings (SSSR count). The van der Waals surface area contributed by atoms with Gasteiger partial charge in [0.2, 0.25) is 0 Å². The van der Waals surface area contributed by atoms with E-state index in [9.17, 15) is 4.79 Å². The molecule has 0 saturated carbocycles. The zero-order chi connectivity index (χ0) is 13.0. The van der Waals surface area contributed by atoms with Gasteiger partial charge < -0.3 is 14.7 Å². The molecule has 0 aromatic heterocycles. The molecule has 1 saturated heterocycles. The predicted molar refractivity (Wildman–Crippen MR) is 70.3 cm³/mol. The minimum atomic E-state index is -0.882. The van der Waals surface area contributed by atoms with Gasteiger partial charge in [0.1, 0.15) is 0 Å². The van der Waals surface area contributed by atoms with Gasteiger partial charge in [0.25, 0.3) is 0 Å². The van der Waals surface area contributed by atoms with Crippen molar-refractivity contribution in [3.8, 4) is 0 Å². The third-order valence-electron chi connectivity index (χ3n) is 3.26. The molecule has 1 aliphatic heterocycles. The first-order valence-corrected chi connectivity index (χ1v) is 6.40. The van der Waals surface area contributed by atoms with Crippen molar-refractivity contribution < 1.29 is 14.6 Å². The molecule has 1 unspecified atom stereocenters. The topological polar surface area (TPSA) is 49.8 Å². The van der Waals surface area contributed by atoms with Crippen LogP contribution in [0.3, 0.4) is 0 Å². The number of anilines is 1. The lowest BCUT2D eigenvalue weighted by Crippen LogP contribution is -2.39. The zero-order valence-electron chi connectivity index (χ0n) is 10.6. The molecule has 1 aromatic rings. The van der Waals surface area contributed by atoms with Crippen LogP contribution >= 0.6 is 0 Å². The standard InChI is InChI=1S/C14H19NO3/c1-2-18-13-4-3-9-15(10-13)12-7-5-11(6-8-12)14(16)17/h5-8,13H,2-4,9-10H2,1H3,(H,16,17). The molecule has 4 heteroatoms. The third kappa shape index (κ3) is 3.01. The van der Waals surface area contributed by atoms with Crippen LogP contribution in [0.1, 0.15) is 30.1 Å². The molecule has 0 aliphatic carbocycles. The van der Waals surface area contributed by atoms with Gasteiger partial charge in [-0.05, 0) is 44.0 Å². The van der Waals surface area contributed by atoms with Crippen LogP contribution in [0, 0.1) is 0 Å². The normalized spacial score (nSPS) is 19.8. The van der Waals surface area contributed by atoms with Gasteiger partial charge in [0, 0.05) is 25.4 Å². The van der Waals surface area contributed by atoms with Crippen LogP contribution in [0.2, 0.25) is 0 Å². The lowest BCUT2D eigenvalue weighted by Gasteiger charge is -2.34. The fourth-order valence-corrected chi connectivity index (χ4v) is 2.36. The fraction of sp³-hybridized carbons (Fsp3) is 0.500. The number of rotatable bonds is 4. The van der Waals surface area contributed by atoms with Crippen molar-refractivity contribution in [2.24, 2.45) is 0 Å². The van der Waals surface area contributed by atoms with E-state index in [0.717, 1.165) is 38.2 Å². The Labute approximate surface area is 107 Å². The van der Waals surface area contributed by atoms with E-state index >= 15 is 0 Å². The van der Waals surface area contributed by atoms with E-state index in [4.69, 9.17) is 9.84 Å². The summed E-state index contributed by atoms with van der Waals surface area (Å²) in [6.45, 7) is 4.66. The van der Waals surface area contributed by atoms with Gasteiger partial charge in [-0.3, -0.25) is 0 Å². The highest BCUT2D eigenvalue weighted by molar-refractivity contribution is 5.88. The van der Waals surface area contributed by atoms with Crippen LogP contribution in [0.5, 0.6) is 0 Å². The quantitative estimate of drug-likeness (QED) is 0.890. The first-order chi connectivity index (χ1) is 8.70. The van der Waals surface area contributed by atoms with Gasteiger partial charge in [0.05, 0.1) is 11.7 Å². The molecule has 0 bridgehead atoms. The van der Waals surface area contributed by atoms with Crippen molar-refractivity contribution in [2.45, 2.75) is 25.9 Å². The maximum atomic E-state index is 10.8. The lowest BCUT2D eigenvalue weighted by molar-refractivity contribution is 0.0526. The summed E-state index contributed by atoms with van der Waals surface area (Å²) in [4.78, 5) is 13.1. The molecule has 1 N–H and O–H groups in total. The molecule has 1 aromatic carbocycles. The van der Waals surface area contributed by atoms with Crippen molar-refractivity contribution >= 4 is 11.7 Å². The van der Waals surface area contributed by atoms with Gasteiger partial charge in [-0.25, -0.2) is 4.79 Å². The molecule has 1 atom stereocenters. The van der Waals surface area contributed by atoms with Gasteiger partial charge in [-0.15, -0.1) is 0 Å². The van der Waals surface area contributed by atoms with E-state index in [-0.39, 0.29) is 0 Å². The summed E-state index contributed by atoms with van der Waals surface area (Å²) >= 11 is 0. The largest absolute Gasteiger partial charge is 0.478 e. The van der Waals surface area contributed by atoms with Gasteiger partial charge in [-0.1, -0.05) is 0 Å². The average Bonchev–Trinajstić information content (AvgIpc) is 2.39. The van der Waals surface area contributed by atoms with E-state index < -0.39 is 5.97 Å². The van der Waals surface area contributed by atoms with Crippen LogP contribution in [-0.2, 0) is 4.74 Å². The Morgan fingerprint density at radius 3 is 2.78 bits per heavy atom. The predicted octanol–water partition coefficient (Wildman–Crippen LogP) is 2.39. The summed E-state index contributed by atoms with van der Waals surface area (Å²) in [5.41, 5.74) is 1.40. The summed E-state index contributed by atoms with van der Waals surface area (Å²) in [6, 6.07) is 7.06. The zero-order valence-corrected chi connectivity index (χ0v) is 10.6. The summed E-state index contributed by atoms with van der Waals surface area (Å²) in [6.07, 6.45) is 2.52. The van der Waals surface area contributed by atoms with Crippen molar-refractivity contribution in [3.63, 3.8) is 0 Å². The van der Waals surface area contributed by atoms with Crippen molar-refractivity contribution in [1.82, 2.24) is 0 Å². The Bertz CT molecular complexity index is 400. The highest BCUT2D eigenvalue weighted by atomic mass is 16.5. The molecule has 1 fully saturated rings. The molecular weight excluding hydrogens is 230 g/mol. The summed E-state index contributed by atoms with van der Waals surface area (Å²) in [7, 11) is 0. The van der Waals surface area contributed by atoms with Crippen molar-refractivity contribution in [2.75, 3.05) is 24.6 Å². The number of carboxylic acids is 1. The summed E-state index contributed by atoms with van der Waals surface area (Å²) in [5, 5.41) is 8.86. The maximum Gasteiger partial charge on any atom is 0.335 e. The molecule has 0 amide bonds. The van der Waals surface area contributed by atoms with E-state index in [1.807, 2.05) is 19.1 Å². The highest BCUT2D eigenvalue weighted by Gasteiger charge is 2.20. The van der Waals surface area contributed by atoms with E-state index in [1.165, 1.54) is 0 Å². The van der Waals surface area contributed by atoms with E-state index in [2.05, 4.69) is 4.90 Å². The first-order valence-electron chi connectivity index (χ1n) is 6.40. The van der Waals surface area contributed by atoms with Crippen LogP contribution < -0.4 is 4.90 Å². The molecular formula is C14H19NO3. The number of hydrogen-bond donors (Lipinski definition) is 1. The number of nitrogens with zero attached hydrogens (tertiary/aromatic N) is 1. The van der Waals surface area contributed by atoms with Crippen LogP contribution in [0.25, 0.3) is 0 Å². The lowest BCUT2D eigenvalue weighted by atomic mass is 10.1. The number of aromatic carboxylic acids is 1. The smallest absolute Gasteiger partial charge is 0.335 e. The minimum Gasteiger partial charge on any atom is -0.478 e. The number of hydrogen-bond acceptors (Lipinski definition) is 3. The third-order valence-corrected chi connectivity index (χ3v) is 3.26. The van der Waals surface area contributed by atoms with Crippen LogP contribution in [0.15, 0.2) is 24.3 Å². The first kappa shape index (κ1) is 12.9. The van der Waals surface area contributed by atoms with Gasteiger partial charge >= 0.3 is 5.97 Å². The molecule has 98 valence electrons. The monoisotopic (exact) mass is 249 g/mol. The number of piperidine rings is 1. The Morgan fingerprint density at radius 2 is 2.17 bits per heavy atom. The molecule has 1 aliphatic rings. The summed E-state index contributed by atoms with van der Waals surface area (Å²) in [5.74, 6) is -0.882. The fourth-order valence-electron chi connectivity index (χ4n) is 2.36.